The van der Waals surface area contributed by atoms with Gasteiger partial charge in [0.25, 0.3) is 5.91 Å². The first-order chi connectivity index (χ1) is 15.6. The van der Waals surface area contributed by atoms with E-state index < -0.39 is 5.91 Å². The van der Waals surface area contributed by atoms with E-state index in [0.29, 0.717) is 44.7 Å². The van der Waals surface area contributed by atoms with E-state index in [1.54, 1.807) is 61.7 Å². The van der Waals surface area contributed by atoms with Gasteiger partial charge in [0.05, 0.1) is 30.7 Å². The van der Waals surface area contributed by atoms with Gasteiger partial charge >= 0.3 is 0 Å². The number of ether oxygens (including phenoxy) is 2. The molecule has 0 aliphatic heterocycles. The second kappa shape index (κ2) is 9.29. The third kappa shape index (κ3) is 4.58. The van der Waals surface area contributed by atoms with Gasteiger partial charge in [-0.3, -0.25) is 9.89 Å². The number of nitrogens with one attached hydrogen (secondary N) is 2. The summed E-state index contributed by atoms with van der Waals surface area (Å²) < 4.78 is 16.4. The molecule has 2 aromatic heterocycles. The van der Waals surface area contributed by atoms with E-state index in [1.807, 2.05) is 0 Å². The lowest BCUT2D eigenvalue weighted by atomic mass is 10.1. The van der Waals surface area contributed by atoms with Crippen LogP contribution in [-0.2, 0) is 6.61 Å². The lowest BCUT2D eigenvalue weighted by Gasteiger charge is -2.07. The van der Waals surface area contributed by atoms with Crippen LogP contribution >= 0.6 is 11.6 Å². The molecule has 1 amide bonds. The first kappa shape index (κ1) is 21.0. The number of nitrogens with zero attached hydrogens (tertiary/aromatic N) is 2. The lowest BCUT2D eigenvalue weighted by Crippen LogP contribution is -2.14. The maximum Gasteiger partial charge on any atom is 0.292 e. The number of hydrogen-bond acceptors (Lipinski definition) is 6. The van der Waals surface area contributed by atoms with Crippen LogP contribution in [0, 0.1) is 11.3 Å². The SMILES string of the molecule is COc1ccc(Cl)cc1-c1cc(NC(=O)c2occc2COc2cccc(C#N)c2)n[nH]1. The number of methoxy groups -OCH3 is 1. The molecular formula is C23H17ClN4O4. The van der Waals surface area contributed by atoms with Crippen molar-refractivity contribution in [2.75, 3.05) is 12.4 Å². The number of nitriles is 1. The number of hydrogen-bond donors (Lipinski definition) is 2. The van der Waals surface area contributed by atoms with E-state index >= 15 is 0 Å². The highest BCUT2D eigenvalue weighted by Gasteiger charge is 2.18. The van der Waals surface area contributed by atoms with Gasteiger partial charge in [-0.15, -0.1) is 0 Å². The van der Waals surface area contributed by atoms with Gasteiger partial charge in [-0.2, -0.15) is 10.4 Å². The summed E-state index contributed by atoms with van der Waals surface area (Å²) in [6, 6.07) is 17.3. The number of carbonyl (C=O) groups is 1. The Hall–Kier alpha value is -4.22. The summed E-state index contributed by atoms with van der Waals surface area (Å²) in [5.74, 6) is 1.06. The highest BCUT2D eigenvalue weighted by atomic mass is 35.5. The lowest BCUT2D eigenvalue weighted by molar-refractivity contribution is 0.0993. The van der Waals surface area contributed by atoms with Crippen molar-refractivity contribution < 1.29 is 18.7 Å². The Morgan fingerprint density at radius 3 is 2.94 bits per heavy atom. The molecule has 0 aliphatic carbocycles. The van der Waals surface area contributed by atoms with Crippen LogP contribution in [0.4, 0.5) is 5.82 Å². The fraction of sp³-hybridized carbons (Fsp3) is 0.0870. The van der Waals surface area contributed by atoms with Crippen LogP contribution in [0.25, 0.3) is 11.3 Å². The maximum absolute atomic E-state index is 12.7. The predicted octanol–water partition coefficient (Wildman–Crippen LogP) is 5.03. The van der Waals surface area contributed by atoms with Crippen molar-refractivity contribution in [1.29, 1.82) is 5.26 Å². The van der Waals surface area contributed by atoms with E-state index in [0.717, 1.165) is 0 Å². The summed E-state index contributed by atoms with van der Waals surface area (Å²) in [5.41, 5.74) is 2.37. The topological polar surface area (TPSA) is 113 Å². The van der Waals surface area contributed by atoms with E-state index in [1.165, 1.54) is 6.26 Å². The maximum atomic E-state index is 12.7. The van der Waals surface area contributed by atoms with Crippen LogP contribution in [0.2, 0.25) is 5.02 Å². The van der Waals surface area contributed by atoms with Crippen molar-refractivity contribution in [3.05, 3.63) is 82.8 Å². The number of rotatable bonds is 7. The molecule has 2 aromatic carbocycles. The summed E-state index contributed by atoms with van der Waals surface area (Å²) in [5, 5.41) is 19.2. The van der Waals surface area contributed by atoms with E-state index in [-0.39, 0.29) is 12.4 Å². The predicted molar refractivity (Wildman–Crippen MR) is 118 cm³/mol. The van der Waals surface area contributed by atoms with Crippen LogP contribution < -0.4 is 14.8 Å². The quantitative estimate of drug-likeness (QED) is 0.409. The first-order valence-corrected chi connectivity index (χ1v) is 9.85. The average Bonchev–Trinajstić information content (AvgIpc) is 3.47. The summed E-state index contributed by atoms with van der Waals surface area (Å²) in [6.45, 7) is 0.0969. The molecule has 32 heavy (non-hydrogen) atoms. The fourth-order valence-corrected chi connectivity index (χ4v) is 3.22. The Bertz CT molecular complexity index is 1310. The number of halogens is 1. The molecule has 0 saturated carbocycles. The molecule has 0 atom stereocenters. The Balaban J connectivity index is 1.46. The van der Waals surface area contributed by atoms with Crippen LogP contribution in [0.15, 0.2) is 65.3 Å². The van der Waals surface area contributed by atoms with E-state index in [9.17, 15) is 4.79 Å². The summed E-state index contributed by atoms with van der Waals surface area (Å²) >= 11 is 6.09. The van der Waals surface area contributed by atoms with Crippen LogP contribution in [0.1, 0.15) is 21.7 Å². The zero-order chi connectivity index (χ0) is 22.5. The largest absolute Gasteiger partial charge is 0.496 e. The third-order valence-electron chi connectivity index (χ3n) is 4.58. The van der Waals surface area contributed by atoms with Crippen molar-refractivity contribution in [3.63, 3.8) is 0 Å². The standard InChI is InChI=1S/C23H17ClN4O4/c1-30-20-6-5-16(24)10-18(20)19-11-21(28-27-19)26-23(29)22-15(7-8-31-22)13-32-17-4-2-3-14(9-17)12-25/h2-11H,13H2,1H3,(H2,26,27,28,29). The molecule has 2 heterocycles. The third-order valence-corrected chi connectivity index (χ3v) is 4.82. The molecule has 0 unspecified atom stereocenters. The number of H-pyrrole nitrogens is 1. The molecule has 0 bridgehead atoms. The summed E-state index contributed by atoms with van der Waals surface area (Å²) in [4.78, 5) is 12.7. The van der Waals surface area contributed by atoms with Gasteiger partial charge in [-0.05, 0) is 42.5 Å². The number of amides is 1. The van der Waals surface area contributed by atoms with Crippen molar-refractivity contribution in [2.24, 2.45) is 0 Å². The minimum atomic E-state index is -0.476. The minimum absolute atomic E-state index is 0.0969. The van der Waals surface area contributed by atoms with Gasteiger partial charge in [0, 0.05) is 22.2 Å². The van der Waals surface area contributed by atoms with Gasteiger partial charge in [0.1, 0.15) is 18.1 Å². The van der Waals surface area contributed by atoms with Crippen molar-refractivity contribution in [1.82, 2.24) is 10.2 Å². The molecule has 2 N–H and O–H groups in total. The molecule has 0 fully saturated rings. The smallest absolute Gasteiger partial charge is 0.292 e. The van der Waals surface area contributed by atoms with Crippen molar-refractivity contribution >= 4 is 23.3 Å². The van der Waals surface area contributed by atoms with E-state index in [2.05, 4.69) is 21.6 Å². The second-order valence-electron chi connectivity index (χ2n) is 6.67. The number of aromatic nitrogens is 2. The van der Waals surface area contributed by atoms with Crippen LogP contribution in [0.5, 0.6) is 11.5 Å². The zero-order valence-electron chi connectivity index (χ0n) is 16.9. The average molecular weight is 449 g/mol. The number of anilines is 1. The molecule has 0 radical (unpaired) electrons. The molecular weight excluding hydrogens is 432 g/mol. The Morgan fingerprint density at radius 1 is 1.25 bits per heavy atom. The molecule has 160 valence electrons. The minimum Gasteiger partial charge on any atom is -0.496 e. The Kier molecular flexibility index (Phi) is 6.10. The molecule has 8 nitrogen and oxygen atoms in total. The molecule has 0 saturated heterocycles. The molecule has 0 spiro atoms. The number of benzene rings is 2. The summed E-state index contributed by atoms with van der Waals surface area (Å²) in [7, 11) is 1.56. The monoisotopic (exact) mass is 448 g/mol. The zero-order valence-corrected chi connectivity index (χ0v) is 17.6. The molecule has 4 rings (SSSR count). The van der Waals surface area contributed by atoms with Crippen LogP contribution in [0.3, 0.4) is 0 Å². The Labute approximate surface area is 188 Å². The first-order valence-electron chi connectivity index (χ1n) is 9.47. The number of carbonyl (C=O) groups excluding carboxylic acids is 1. The van der Waals surface area contributed by atoms with Crippen molar-refractivity contribution in [2.45, 2.75) is 6.61 Å². The van der Waals surface area contributed by atoms with Gasteiger partial charge < -0.3 is 19.2 Å². The highest BCUT2D eigenvalue weighted by molar-refractivity contribution is 6.31. The van der Waals surface area contributed by atoms with Crippen molar-refractivity contribution in [3.8, 4) is 28.8 Å². The Morgan fingerprint density at radius 2 is 2.12 bits per heavy atom. The van der Waals surface area contributed by atoms with Gasteiger partial charge in [0.15, 0.2) is 11.6 Å². The number of aromatic amines is 1. The van der Waals surface area contributed by atoms with E-state index in [4.69, 9.17) is 30.8 Å². The fourth-order valence-electron chi connectivity index (χ4n) is 3.05. The molecule has 0 aliphatic rings. The summed E-state index contributed by atoms with van der Waals surface area (Å²) in [6.07, 6.45) is 1.41. The normalized spacial score (nSPS) is 10.4. The van der Waals surface area contributed by atoms with Crippen LogP contribution in [-0.4, -0.2) is 23.2 Å². The highest BCUT2D eigenvalue weighted by Crippen LogP contribution is 2.32. The number of furan rings is 1. The second-order valence-corrected chi connectivity index (χ2v) is 7.11. The van der Waals surface area contributed by atoms with Gasteiger partial charge in [-0.25, -0.2) is 0 Å². The molecule has 9 heteroatoms. The van der Waals surface area contributed by atoms with Gasteiger partial charge in [0.2, 0.25) is 0 Å². The van der Waals surface area contributed by atoms with Gasteiger partial charge in [-0.1, -0.05) is 17.7 Å². The molecule has 4 aromatic rings.